The number of methoxy groups -OCH3 is 3. The quantitative estimate of drug-likeness (QED) is 0.918. The predicted octanol–water partition coefficient (Wildman–Crippen LogP) is 1.86. The average molecular weight is 311 g/mol. The van der Waals surface area contributed by atoms with Crippen molar-refractivity contribution in [2.45, 2.75) is 0 Å². The van der Waals surface area contributed by atoms with Crippen molar-refractivity contribution < 1.29 is 23.8 Å². The Kier molecular flexibility index (Phi) is 5.85. The molecule has 0 aliphatic heterocycles. The molecule has 0 atom stereocenters. The number of rotatable bonds is 4. The van der Waals surface area contributed by atoms with Crippen LogP contribution in [0.5, 0.6) is 17.2 Å². The predicted molar refractivity (Wildman–Crippen MR) is 82.0 cm³/mol. The Balaban J connectivity index is 3.03. The van der Waals surface area contributed by atoms with E-state index in [0.717, 1.165) is 4.90 Å². The molecule has 0 spiro atoms. The number of anilines is 1. The molecule has 0 aliphatic carbocycles. The zero-order valence-corrected chi connectivity index (χ0v) is 13.6. The minimum absolute atomic E-state index is 0.402. The maximum absolute atomic E-state index is 12.1. The van der Waals surface area contributed by atoms with Gasteiger partial charge in [-0.2, -0.15) is 0 Å². The van der Waals surface area contributed by atoms with Gasteiger partial charge in [0.05, 0.1) is 27.0 Å². The van der Waals surface area contributed by atoms with Crippen molar-refractivity contribution in [3.8, 4) is 17.2 Å². The van der Waals surface area contributed by atoms with Gasteiger partial charge in [0.25, 0.3) is 0 Å². The first-order chi connectivity index (χ1) is 10.3. The summed E-state index contributed by atoms with van der Waals surface area (Å²) < 4.78 is 15.6. The number of benzene rings is 1. The fourth-order valence-electron chi connectivity index (χ4n) is 1.75. The summed E-state index contributed by atoms with van der Waals surface area (Å²) in [5, 5.41) is 2.60. The molecule has 0 saturated carbocycles. The van der Waals surface area contributed by atoms with E-state index in [1.54, 1.807) is 26.2 Å². The lowest BCUT2D eigenvalue weighted by atomic mass is 10.2. The Bertz CT molecular complexity index is 534. The van der Waals surface area contributed by atoms with Gasteiger partial charge in [0, 0.05) is 33.3 Å². The highest BCUT2D eigenvalue weighted by Crippen LogP contribution is 2.39. The maximum Gasteiger partial charge on any atom is 0.329 e. The number of carbonyl (C=O) groups is 2. The molecule has 122 valence electrons. The van der Waals surface area contributed by atoms with E-state index >= 15 is 0 Å². The molecule has 0 saturated heterocycles. The van der Waals surface area contributed by atoms with Crippen LogP contribution in [-0.2, 0) is 0 Å². The molecule has 0 radical (unpaired) electrons. The third-order valence-corrected chi connectivity index (χ3v) is 2.89. The number of urea groups is 2. The summed E-state index contributed by atoms with van der Waals surface area (Å²) in [6.45, 7) is 0. The minimum atomic E-state index is -0.576. The van der Waals surface area contributed by atoms with E-state index in [0.29, 0.717) is 22.9 Å². The van der Waals surface area contributed by atoms with E-state index in [-0.39, 0.29) is 0 Å². The van der Waals surface area contributed by atoms with E-state index < -0.39 is 12.1 Å². The lowest BCUT2D eigenvalue weighted by Crippen LogP contribution is -2.42. The Morgan fingerprint density at radius 1 is 0.955 bits per heavy atom. The first-order valence-corrected chi connectivity index (χ1v) is 6.41. The Morgan fingerprint density at radius 3 is 1.82 bits per heavy atom. The standard InChI is InChI=1S/C14H21N3O5/c1-16(2)14(19)17(3)13(18)15-9-7-10(20-4)12(22-6)11(8-9)21-5/h7-8H,1-6H3,(H,15,18). The van der Waals surface area contributed by atoms with Crippen LogP contribution in [0.15, 0.2) is 12.1 Å². The molecule has 1 aromatic rings. The van der Waals surface area contributed by atoms with Gasteiger partial charge in [-0.25, -0.2) is 14.5 Å². The van der Waals surface area contributed by atoms with Crippen LogP contribution in [0, 0.1) is 0 Å². The molecule has 0 heterocycles. The number of imide groups is 1. The zero-order valence-electron chi connectivity index (χ0n) is 13.6. The lowest BCUT2D eigenvalue weighted by Gasteiger charge is -2.21. The Hall–Kier alpha value is -2.64. The molecule has 1 N–H and O–H groups in total. The molecule has 0 aromatic heterocycles. The summed E-state index contributed by atoms with van der Waals surface area (Å²) in [5.41, 5.74) is 0.415. The van der Waals surface area contributed by atoms with Crippen molar-refractivity contribution in [1.82, 2.24) is 9.80 Å². The van der Waals surface area contributed by atoms with Gasteiger partial charge < -0.3 is 24.4 Å². The zero-order chi connectivity index (χ0) is 16.9. The summed E-state index contributed by atoms with van der Waals surface area (Å²) in [6, 6.07) is 2.14. The van der Waals surface area contributed by atoms with Gasteiger partial charge in [0.2, 0.25) is 5.75 Å². The number of hydrogen-bond donors (Lipinski definition) is 1. The largest absolute Gasteiger partial charge is 0.493 e. The number of amides is 4. The van der Waals surface area contributed by atoms with Crippen molar-refractivity contribution in [1.29, 1.82) is 0 Å². The third-order valence-electron chi connectivity index (χ3n) is 2.89. The normalized spacial score (nSPS) is 9.73. The van der Waals surface area contributed by atoms with Gasteiger partial charge >= 0.3 is 12.1 Å². The molecule has 4 amide bonds. The summed E-state index contributed by atoms with van der Waals surface area (Å²) in [5.74, 6) is 1.22. The lowest BCUT2D eigenvalue weighted by molar-refractivity contribution is 0.182. The summed E-state index contributed by atoms with van der Waals surface area (Å²) in [6.07, 6.45) is 0. The monoisotopic (exact) mass is 311 g/mol. The van der Waals surface area contributed by atoms with E-state index in [9.17, 15) is 9.59 Å². The van der Waals surface area contributed by atoms with Crippen LogP contribution in [0.25, 0.3) is 0 Å². The Morgan fingerprint density at radius 2 is 1.45 bits per heavy atom. The number of nitrogens with one attached hydrogen (secondary N) is 1. The molecule has 0 bridgehead atoms. The SMILES string of the molecule is COc1cc(NC(=O)N(C)C(=O)N(C)C)cc(OC)c1OC. The average Bonchev–Trinajstić information content (AvgIpc) is 2.51. The topological polar surface area (TPSA) is 80.3 Å². The van der Waals surface area contributed by atoms with E-state index in [2.05, 4.69) is 5.32 Å². The minimum Gasteiger partial charge on any atom is -0.493 e. The van der Waals surface area contributed by atoms with Gasteiger partial charge in [-0.3, -0.25) is 0 Å². The van der Waals surface area contributed by atoms with Crippen molar-refractivity contribution in [2.24, 2.45) is 0 Å². The van der Waals surface area contributed by atoms with E-state index in [1.807, 2.05) is 0 Å². The summed E-state index contributed by atoms with van der Waals surface area (Å²) in [4.78, 5) is 26.1. The Labute approximate surface area is 129 Å². The smallest absolute Gasteiger partial charge is 0.329 e. The second-order valence-electron chi connectivity index (χ2n) is 4.58. The van der Waals surface area contributed by atoms with Crippen molar-refractivity contribution in [3.05, 3.63) is 12.1 Å². The second-order valence-corrected chi connectivity index (χ2v) is 4.58. The van der Waals surface area contributed by atoms with Crippen molar-refractivity contribution in [3.63, 3.8) is 0 Å². The molecule has 0 aliphatic rings. The molecule has 22 heavy (non-hydrogen) atoms. The number of carbonyl (C=O) groups excluding carboxylic acids is 2. The van der Waals surface area contributed by atoms with Crippen LogP contribution in [0.2, 0.25) is 0 Å². The van der Waals surface area contributed by atoms with E-state index in [4.69, 9.17) is 14.2 Å². The van der Waals surface area contributed by atoms with Crippen molar-refractivity contribution in [2.75, 3.05) is 47.8 Å². The van der Waals surface area contributed by atoms with Crippen LogP contribution in [0.3, 0.4) is 0 Å². The van der Waals surface area contributed by atoms with Crippen LogP contribution in [-0.4, -0.2) is 64.3 Å². The van der Waals surface area contributed by atoms with Crippen molar-refractivity contribution >= 4 is 17.7 Å². The summed E-state index contributed by atoms with van der Waals surface area (Å²) >= 11 is 0. The maximum atomic E-state index is 12.1. The summed E-state index contributed by atoms with van der Waals surface area (Å²) in [7, 11) is 8.95. The van der Waals surface area contributed by atoms with Crippen LogP contribution in [0.4, 0.5) is 15.3 Å². The first-order valence-electron chi connectivity index (χ1n) is 6.41. The molecule has 1 aromatic carbocycles. The number of ether oxygens (including phenoxy) is 3. The molecule has 8 heteroatoms. The molecule has 1 rings (SSSR count). The fourth-order valence-corrected chi connectivity index (χ4v) is 1.75. The number of nitrogens with zero attached hydrogens (tertiary/aromatic N) is 2. The third kappa shape index (κ3) is 3.72. The molecular formula is C14H21N3O5. The highest BCUT2D eigenvalue weighted by molar-refractivity contribution is 6.00. The molecular weight excluding hydrogens is 290 g/mol. The highest BCUT2D eigenvalue weighted by atomic mass is 16.5. The van der Waals surface area contributed by atoms with Gasteiger partial charge in [-0.1, -0.05) is 0 Å². The van der Waals surface area contributed by atoms with Gasteiger partial charge in [-0.05, 0) is 0 Å². The molecule has 8 nitrogen and oxygen atoms in total. The van der Waals surface area contributed by atoms with Crippen LogP contribution >= 0.6 is 0 Å². The van der Waals surface area contributed by atoms with Gasteiger partial charge in [-0.15, -0.1) is 0 Å². The number of hydrogen-bond acceptors (Lipinski definition) is 5. The fraction of sp³-hybridized carbons (Fsp3) is 0.429. The molecule has 0 fully saturated rings. The second kappa shape index (κ2) is 7.39. The van der Waals surface area contributed by atoms with Gasteiger partial charge in [0.15, 0.2) is 11.5 Å². The molecule has 0 unspecified atom stereocenters. The highest BCUT2D eigenvalue weighted by Gasteiger charge is 2.20. The first kappa shape index (κ1) is 17.4. The van der Waals surface area contributed by atoms with E-state index in [1.165, 1.54) is 33.3 Å². The van der Waals surface area contributed by atoms with Crippen LogP contribution in [0.1, 0.15) is 0 Å². The van der Waals surface area contributed by atoms with Crippen LogP contribution < -0.4 is 19.5 Å². The van der Waals surface area contributed by atoms with Gasteiger partial charge in [0.1, 0.15) is 0 Å².